The van der Waals surface area contributed by atoms with E-state index in [9.17, 15) is 18.0 Å². The van der Waals surface area contributed by atoms with E-state index in [1.807, 2.05) is 0 Å². The third kappa shape index (κ3) is 3.10. The molecule has 0 saturated heterocycles. The molecule has 6 heteroatoms. The van der Waals surface area contributed by atoms with Crippen molar-refractivity contribution in [1.29, 1.82) is 0 Å². The van der Waals surface area contributed by atoms with Crippen LogP contribution in [0.2, 0.25) is 0 Å². The largest absolute Gasteiger partial charge is 0.434 e. The first-order valence-electron chi connectivity index (χ1n) is 7.75. The van der Waals surface area contributed by atoms with E-state index in [0.29, 0.717) is 12.5 Å². The van der Waals surface area contributed by atoms with Gasteiger partial charge in [-0.25, -0.2) is 0 Å². The molecule has 3 rings (SSSR count). The zero-order valence-electron chi connectivity index (χ0n) is 12.2. The Morgan fingerprint density at radius 3 is 2.77 bits per heavy atom. The summed E-state index contributed by atoms with van der Waals surface area (Å²) in [4.78, 5) is 15.3. The second-order valence-electron chi connectivity index (χ2n) is 6.38. The van der Waals surface area contributed by atoms with E-state index in [0.717, 1.165) is 24.5 Å². The fourth-order valence-electron chi connectivity index (χ4n) is 4.01. The van der Waals surface area contributed by atoms with Crippen LogP contribution in [0.1, 0.15) is 48.2 Å². The summed E-state index contributed by atoms with van der Waals surface area (Å²) in [6.07, 6.45) is 2.38. The molecule has 0 spiro atoms. The number of carbonyl (C=O) groups excluding carboxylic acids is 1. The van der Waals surface area contributed by atoms with Crippen molar-refractivity contribution in [2.75, 3.05) is 6.54 Å². The smallest absolute Gasteiger partial charge is 0.352 e. The van der Waals surface area contributed by atoms with Gasteiger partial charge in [-0.1, -0.05) is 6.42 Å². The number of amides is 1. The topological polar surface area (TPSA) is 42.0 Å². The van der Waals surface area contributed by atoms with E-state index in [1.54, 1.807) is 0 Å². The molecule has 22 heavy (non-hydrogen) atoms. The number of carbonyl (C=O) groups is 1. The van der Waals surface area contributed by atoms with E-state index in [2.05, 4.69) is 10.3 Å². The van der Waals surface area contributed by atoms with Gasteiger partial charge in [0, 0.05) is 12.7 Å². The molecule has 120 valence electrons. The van der Waals surface area contributed by atoms with Gasteiger partial charge in [-0.05, 0) is 55.6 Å². The third-order valence-corrected chi connectivity index (χ3v) is 5.01. The first kappa shape index (κ1) is 15.3. The third-order valence-electron chi connectivity index (χ3n) is 5.01. The fraction of sp³-hybridized carbons (Fsp3) is 0.625. The predicted octanol–water partition coefficient (Wildman–Crippen LogP) is 3.66. The number of hydrogen-bond donors (Lipinski definition) is 1. The summed E-state index contributed by atoms with van der Waals surface area (Å²) < 4.78 is 38.5. The SMILES string of the molecule is O=C(NCC[C@@H]1C[C@H]2CC[C@H]1C2)c1cccnc1C(F)(F)F. The Kier molecular flexibility index (Phi) is 4.10. The Hall–Kier alpha value is -1.59. The first-order valence-corrected chi connectivity index (χ1v) is 7.75. The fourth-order valence-corrected chi connectivity index (χ4v) is 4.01. The van der Waals surface area contributed by atoms with E-state index >= 15 is 0 Å². The maximum absolute atomic E-state index is 12.8. The molecule has 0 aromatic carbocycles. The van der Waals surface area contributed by atoms with Crippen molar-refractivity contribution in [3.63, 3.8) is 0 Å². The summed E-state index contributed by atoms with van der Waals surface area (Å²) in [6, 6.07) is 2.52. The molecule has 2 aliphatic carbocycles. The Morgan fingerprint density at radius 2 is 2.14 bits per heavy atom. The van der Waals surface area contributed by atoms with Gasteiger partial charge in [-0.15, -0.1) is 0 Å². The number of nitrogens with one attached hydrogen (secondary N) is 1. The highest BCUT2D eigenvalue weighted by Crippen LogP contribution is 2.49. The minimum Gasteiger partial charge on any atom is -0.352 e. The van der Waals surface area contributed by atoms with Crippen LogP contribution < -0.4 is 5.32 Å². The molecule has 2 aliphatic rings. The highest BCUT2D eigenvalue weighted by atomic mass is 19.4. The summed E-state index contributed by atoms with van der Waals surface area (Å²) in [7, 11) is 0. The maximum atomic E-state index is 12.8. The number of rotatable bonds is 4. The van der Waals surface area contributed by atoms with Crippen LogP contribution in [0.3, 0.4) is 0 Å². The van der Waals surface area contributed by atoms with Crippen molar-refractivity contribution in [2.24, 2.45) is 17.8 Å². The normalized spacial score (nSPS) is 27.1. The number of nitrogens with zero attached hydrogens (tertiary/aromatic N) is 1. The lowest BCUT2D eigenvalue weighted by molar-refractivity contribution is -0.141. The summed E-state index contributed by atoms with van der Waals surface area (Å²) in [5.74, 6) is 1.52. The number of hydrogen-bond acceptors (Lipinski definition) is 2. The van der Waals surface area contributed by atoms with Gasteiger partial charge in [0.15, 0.2) is 5.69 Å². The molecule has 3 nitrogen and oxygen atoms in total. The van der Waals surface area contributed by atoms with Crippen LogP contribution in [-0.2, 0) is 6.18 Å². The van der Waals surface area contributed by atoms with E-state index in [-0.39, 0.29) is 0 Å². The van der Waals surface area contributed by atoms with Crippen LogP contribution in [0.4, 0.5) is 13.2 Å². The summed E-state index contributed by atoms with van der Waals surface area (Å²) in [5.41, 5.74) is -1.52. The molecular formula is C16H19F3N2O. The Balaban J connectivity index is 1.56. The van der Waals surface area contributed by atoms with E-state index in [1.165, 1.54) is 37.8 Å². The van der Waals surface area contributed by atoms with Crippen molar-refractivity contribution in [2.45, 2.75) is 38.3 Å². The van der Waals surface area contributed by atoms with Crippen molar-refractivity contribution >= 4 is 5.91 Å². The van der Waals surface area contributed by atoms with Gasteiger partial charge >= 0.3 is 6.18 Å². The molecule has 3 atom stereocenters. The molecule has 2 bridgehead atoms. The van der Waals surface area contributed by atoms with Crippen LogP contribution in [0.15, 0.2) is 18.3 Å². The molecule has 2 saturated carbocycles. The lowest BCUT2D eigenvalue weighted by atomic mass is 9.86. The van der Waals surface area contributed by atoms with Crippen LogP contribution in [-0.4, -0.2) is 17.4 Å². The van der Waals surface area contributed by atoms with Gasteiger partial charge in [-0.3, -0.25) is 9.78 Å². The van der Waals surface area contributed by atoms with Crippen LogP contribution in [0, 0.1) is 17.8 Å². The van der Waals surface area contributed by atoms with E-state index < -0.39 is 23.3 Å². The zero-order valence-corrected chi connectivity index (χ0v) is 12.2. The molecule has 2 fully saturated rings. The number of fused-ring (bicyclic) bond motifs is 2. The average molecular weight is 312 g/mol. The standard InChI is InChI=1S/C16H19F3N2O/c17-16(18,19)14-13(2-1-6-20-14)15(22)21-7-5-12-9-10-3-4-11(12)8-10/h1-2,6,10-12H,3-5,7-9H2,(H,21,22)/t10-,11-,12+/m0/s1. The van der Waals surface area contributed by atoms with Crippen LogP contribution in [0.5, 0.6) is 0 Å². The van der Waals surface area contributed by atoms with Gasteiger partial charge in [0.1, 0.15) is 0 Å². The number of pyridine rings is 1. The number of alkyl halides is 3. The lowest BCUT2D eigenvalue weighted by Crippen LogP contribution is -2.29. The molecule has 1 amide bonds. The zero-order chi connectivity index (χ0) is 15.7. The van der Waals surface area contributed by atoms with Gasteiger partial charge in [-0.2, -0.15) is 13.2 Å². The number of aromatic nitrogens is 1. The van der Waals surface area contributed by atoms with Crippen molar-refractivity contribution in [3.8, 4) is 0 Å². The Labute approximate surface area is 127 Å². The summed E-state index contributed by atoms with van der Waals surface area (Å²) in [5, 5.41) is 2.62. The predicted molar refractivity (Wildman–Crippen MR) is 75.1 cm³/mol. The van der Waals surface area contributed by atoms with Crippen molar-refractivity contribution in [3.05, 3.63) is 29.6 Å². The Bertz CT molecular complexity index is 559. The van der Waals surface area contributed by atoms with Gasteiger partial charge in [0.05, 0.1) is 5.56 Å². The monoisotopic (exact) mass is 312 g/mol. The molecule has 0 radical (unpaired) electrons. The molecule has 0 aliphatic heterocycles. The minimum absolute atomic E-state index is 0.400. The molecular weight excluding hydrogens is 293 g/mol. The van der Waals surface area contributed by atoms with Gasteiger partial charge in [0.2, 0.25) is 0 Å². The maximum Gasteiger partial charge on any atom is 0.434 e. The molecule has 1 heterocycles. The first-order chi connectivity index (χ1) is 10.4. The van der Waals surface area contributed by atoms with Crippen molar-refractivity contribution < 1.29 is 18.0 Å². The quantitative estimate of drug-likeness (QED) is 0.922. The highest BCUT2D eigenvalue weighted by Gasteiger charge is 2.39. The second kappa shape index (κ2) is 5.89. The van der Waals surface area contributed by atoms with E-state index in [4.69, 9.17) is 0 Å². The molecule has 0 unspecified atom stereocenters. The average Bonchev–Trinajstić information content (AvgIpc) is 3.09. The Morgan fingerprint density at radius 1 is 1.32 bits per heavy atom. The van der Waals surface area contributed by atoms with Crippen LogP contribution in [0.25, 0.3) is 0 Å². The molecule has 1 aromatic rings. The van der Waals surface area contributed by atoms with Crippen molar-refractivity contribution in [1.82, 2.24) is 10.3 Å². The molecule has 1 aromatic heterocycles. The second-order valence-corrected chi connectivity index (χ2v) is 6.38. The van der Waals surface area contributed by atoms with Gasteiger partial charge < -0.3 is 5.32 Å². The van der Waals surface area contributed by atoms with Crippen LogP contribution >= 0.6 is 0 Å². The summed E-state index contributed by atoms with van der Waals surface area (Å²) in [6.45, 7) is 0.429. The van der Waals surface area contributed by atoms with Gasteiger partial charge in [0.25, 0.3) is 5.91 Å². The summed E-state index contributed by atoms with van der Waals surface area (Å²) >= 11 is 0. The highest BCUT2D eigenvalue weighted by molar-refractivity contribution is 5.95. The number of halogens is 3. The lowest BCUT2D eigenvalue weighted by Gasteiger charge is -2.21. The molecule has 1 N–H and O–H groups in total. The minimum atomic E-state index is -4.61.